The van der Waals surface area contributed by atoms with Crippen LogP contribution in [0.3, 0.4) is 0 Å². The molecular formula is C15H30O6. The Balaban J connectivity index is 4.11. The third-order valence-corrected chi connectivity index (χ3v) is 1.97. The molecule has 0 radical (unpaired) electrons. The summed E-state index contributed by atoms with van der Waals surface area (Å²) in [6.07, 6.45) is 1.01. The highest BCUT2D eigenvalue weighted by Gasteiger charge is 2.19. The minimum absolute atomic E-state index is 0.243. The highest BCUT2D eigenvalue weighted by molar-refractivity contribution is 5.65. The summed E-state index contributed by atoms with van der Waals surface area (Å²) in [6.45, 7) is 13.4. The minimum Gasteiger partial charge on any atom is -0.466 e. The Bertz CT molecular complexity index is 290. The number of carbonyl (C=O) groups excluding carboxylic acids is 1. The smallest absolute Gasteiger partial charge is 0.302 e. The van der Waals surface area contributed by atoms with Gasteiger partial charge in [-0.3, -0.25) is 4.79 Å². The Labute approximate surface area is 127 Å². The molecule has 0 aliphatic carbocycles. The molecular weight excluding hydrogens is 276 g/mol. The lowest BCUT2D eigenvalue weighted by atomic mass is 10.2. The molecule has 0 amide bonds. The van der Waals surface area contributed by atoms with Gasteiger partial charge < -0.3 is 4.74 Å². The zero-order valence-electron chi connectivity index (χ0n) is 14.4. The molecule has 0 heterocycles. The Kier molecular flexibility index (Phi) is 9.04. The first-order valence-electron chi connectivity index (χ1n) is 7.28. The molecule has 6 nitrogen and oxygen atoms in total. The molecule has 0 spiro atoms. The zero-order valence-corrected chi connectivity index (χ0v) is 14.4. The topological polar surface area (TPSA) is 63.2 Å². The van der Waals surface area contributed by atoms with E-state index in [4.69, 9.17) is 24.3 Å². The number of hydrogen-bond donors (Lipinski definition) is 0. The average molecular weight is 306 g/mol. The van der Waals surface area contributed by atoms with Crippen LogP contribution in [-0.4, -0.2) is 36.5 Å². The first-order valence-corrected chi connectivity index (χ1v) is 7.28. The number of carbonyl (C=O) groups is 1. The van der Waals surface area contributed by atoms with Crippen LogP contribution in [0.1, 0.15) is 61.3 Å². The summed E-state index contributed by atoms with van der Waals surface area (Å²) in [5.41, 5.74) is -0.786. The van der Waals surface area contributed by atoms with Gasteiger partial charge in [0, 0.05) is 6.92 Å². The van der Waals surface area contributed by atoms with Crippen LogP contribution in [0.5, 0.6) is 0 Å². The molecule has 0 aromatic heterocycles. The van der Waals surface area contributed by atoms with Crippen LogP contribution in [0, 0.1) is 0 Å². The summed E-state index contributed by atoms with van der Waals surface area (Å²) in [5, 5.41) is 0. The molecule has 0 saturated carbocycles. The lowest BCUT2D eigenvalue weighted by molar-refractivity contribution is -0.410. The highest BCUT2D eigenvalue weighted by atomic mass is 17.2. The summed E-state index contributed by atoms with van der Waals surface area (Å²) in [6, 6.07) is 0. The summed E-state index contributed by atoms with van der Waals surface area (Å²) in [7, 11) is 0. The second-order valence-corrected chi connectivity index (χ2v) is 6.88. The van der Waals surface area contributed by atoms with Crippen molar-refractivity contribution in [1.29, 1.82) is 0 Å². The Morgan fingerprint density at radius 1 is 1.00 bits per heavy atom. The van der Waals surface area contributed by atoms with Crippen molar-refractivity contribution >= 4 is 5.97 Å². The molecule has 0 aromatic carbocycles. The fourth-order valence-corrected chi connectivity index (χ4v) is 1.19. The van der Waals surface area contributed by atoms with E-state index in [0.29, 0.717) is 19.4 Å². The monoisotopic (exact) mass is 306 g/mol. The van der Waals surface area contributed by atoms with Gasteiger partial charge in [0.2, 0.25) is 0 Å². The Hall–Kier alpha value is -0.690. The molecule has 0 aliphatic heterocycles. The van der Waals surface area contributed by atoms with E-state index in [2.05, 4.69) is 0 Å². The van der Waals surface area contributed by atoms with Gasteiger partial charge in [-0.2, -0.15) is 0 Å². The first-order chi connectivity index (χ1) is 9.49. The van der Waals surface area contributed by atoms with Crippen molar-refractivity contribution in [1.82, 2.24) is 0 Å². The largest absolute Gasteiger partial charge is 0.466 e. The number of rotatable bonds is 9. The van der Waals surface area contributed by atoms with Gasteiger partial charge in [-0.25, -0.2) is 19.6 Å². The number of hydrogen-bond acceptors (Lipinski definition) is 6. The van der Waals surface area contributed by atoms with Crippen LogP contribution in [0.25, 0.3) is 0 Å². The molecule has 21 heavy (non-hydrogen) atoms. The molecule has 126 valence electrons. The lowest BCUT2D eigenvalue weighted by Gasteiger charge is -2.24. The molecule has 0 saturated heterocycles. The molecule has 0 bridgehead atoms. The van der Waals surface area contributed by atoms with Crippen LogP contribution in [-0.2, 0) is 29.1 Å². The molecule has 0 fully saturated rings. The van der Waals surface area contributed by atoms with Crippen molar-refractivity contribution < 1.29 is 29.1 Å². The van der Waals surface area contributed by atoms with Gasteiger partial charge >= 0.3 is 5.97 Å². The maximum atomic E-state index is 10.7. The minimum atomic E-state index is -0.404. The lowest BCUT2D eigenvalue weighted by Crippen LogP contribution is -2.29. The van der Waals surface area contributed by atoms with Crippen LogP contribution >= 0.6 is 0 Å². The van der Waals surface area contributed by atoms with Gasteiger partial charge in [-0.1, -0.05) is 0 Å². The normalized spacial score (nSPS) is 14.0. The summed E-state index contributed by atoms with van der Waals surface area (Å²) in [4.78, 5) is 31.8. The zero-order chi connectivity index (χ0) is 16.5. The van der Waals surface area contributed by atoms with Crippen LogP contribution in [0.2, 0.25) is 0 Å². The van der Waals surface area contributed by atoms with E-state index in [-0.39, 0.29) is 24.3 Å². The fourth-order valence-electron chi connectivity index (χ4n) is 1.19. The Morgan fingerprint density at radius 3 is 2.05 bits per heavy atom. The second kappa shape index (κ2) is 9.35. The van der Waals surface area contributed by atoms with E-state index in [1.54, 1.807) is 0 Å². The van der Waals surface area contributed by atoms with E-state index >= 15 is 0 Å². The van der Waals surface area contributed by atoms with Gasteiger partial charge in [0.15, 0.2) is 0 Å². The van der Waals surface area contributed by atoms with E-state index in [1.807, 2.05) is 41.5 Å². The summed E-state index contributed by atoms with van der Waals surface area (Å²) in [5.74, 6) is -0.286. The Morgan fingerprint density at radius 2 is 1.57 bits per heavy atom. The fraction of sp³-hybridized carbons (Fsp3) is 0.933. The molecule has 1 atom stereocenters. The summed E-state index contributed by atoms with van der Waals surface area (Å²) < 4.78 is 4.89. The second-order valence-electron chi connectivity index (χ2n) is 6.88. The molecule has 0 aliphatic rings. The van der Waals surface area contributed by atoms with Crippen LogP contribution in [0.4, 0.5) is 0 Å². The number of ether oxygens (including phenoxy) is 1. The van der Waals surface area contributed by atoms with Crippen LogP contribution < -0.4 is 0 Å². The van der Waals surface area contributed by atoms with Gasteiger partial charge in [-0.15, -0.1) is 0 Å². The number of esters is 1. The van der Waals surface area contributed by atoms with Crippen molar-refractivity contribution in [3.63, 3.8) is 0 Å². The maximum Gasteiger partial charge on any atom is 0.302 e. The molecule has 0 N–H and O–H groups in total. The first kappa shape index (κ1) is 20.3. The third-order valence-electron chi connectivity index (χ3n) is 1.97. The summed E-state index contributed by atoms with van der Waals surface area (Å²) >= 11 is 0. The van der Waals surface area contributed by atoms with E-state index in [1.165, 1.54) is 6.92 Å². The SMILES string of the molecule is CC(=O)OCCCC(COOC(C)(C)C)OOC(C)(C)C. The maximum absolute atomic E-state index is 10.7. The van der Waals surface area contributed by atoms with Crippen molar-refractivity contribution in [3.8, 4) is 0 Å². The molecule has 0 aromatic rings. The molecule has 6 heteroatoms. The van der Waals surface area contributed by atoms with E-state index in [0.717, 1.165) is 0 Å². The third kappa shape index (κ3) is 15.5. The quantitative estimate of drug-likeness (QED) is 0.282. The highest BCUT2D eigenvalue weighted by Crippen LogP contribution is 2.14. The van der Waals surface area contributed by atoms with Crippen molar-refractivity contribution in [2.75, 3.05) is 13.2 Å². The van der Waals surface area contributed by atoms with E-state index < -0.39 is 5.60 Å². The van der Waals surface area contributed by atoms with Crippen molar-refractivity contribution in [2.24, 2.45) is 0 Å². The van der Waals surface area contributed by atoms with Gasteiger partial charge in [-0.05, 0) is 54.4 Å². The van der Waals surface area contributed by atoms with Gasteiger partial charge in [0.1, 0.15) is 12.7 Å². The van der Waals surface area contributed by atoms with Crippen LogP contribution in [0.15, 0.2) is 0 Å². The van der Waals surface area contributed by atoms with Crippen molar-refractivity contribution in [2.45, 2.75) is 78.6 Å². The van der Waals surface area contributed by atoms with Gasteiger partial charge in [0.25, 0.3) is 0 Å². The predicted octanol–water partition coefficient (Wildman–Crippen LogP) is 3.19. The predicted molar refractivity (Wildman–Crippen MR) is 78.4 cm³/mol. The van der Waals surface area contributed by atoms with Gasteiger partial charge in [0.05, 0.1) is 17.8 Å². The standard InChI is InChI=1S/C15H30O6/c1-12(16)17-10-8-9-13(19-21-15(5,6)7)11-18-20-14(2,3)4/h13H,8-11H2,1-7H3. The van der Waals surface area contributed by atoms with E-state index in [9.17, 15) is 4.79 Å². The molecule has 0 rings (SSSR count). The molecule has 1 unspecified atom stereocenters. The average Bonchev–Trinajstić information content (AvgIpc) is 2.27. The van der Waals surface area contributed by atoms with Crippen molar-refractivity contribution in [3.05, 3.63) is 0 Å².